The Balaban J connectivity index is 1.75. The van der Waals surface area contributed by atoms with Gasteiger partial charge in [0.2, 0.25) is 11.8 Å². The predicted octanol–water partition coefficient (Wildman–Crippen LogP) is 3.30. The summed E-state index contributed by atoms with van der Waals surface area (Å²) in [5.41, 5.74) is 0.995. The molecule has 0 fully saturated rings. The number of hydrogen-bond donors (Lipinski definition) is 1. The summed E-state index contributed by atoms with van der Waals surface area (Å²) in [4.78, 5) is 21.9. The van der Waals surface area contributed by atoms with E-state index in [1.807, 2.05) is 20.8 Å². The number of nitrogens with zero attached hydrogens (tertiary/aromatic N) is 3. The van der Waals surface area contributed by atoms with E-state index in [4.69, 9.17) is 4.52 Å². The lowest BCUT2D eigenvalue weighted by atomic mass is 10.2. The molecule has 2 rings (SSSR count). The van der Waals surface area contributed by atoms with Crippen LogP contribution >= 0.6 is 11.3 Å². The molecule has 0 aliphatic rings. The van der Waals surface area contributed by atoms with Gasteiger partial charge in [0.15, 0.2) is 5.82 Å². The Morgan fingerprint density at radius 2 is 2.09 bits per heavy atom. The van der Waals surface area contributed by atoms with Crippen LogP contribution in [0.1, 0.15) is 66.4 Å². The number of thiazole rings is 1. The highest BCUT2D eigenvalue weighted by Crippen LogP contribution is 2.24. The van der Waals surface area contributed by atoms with E-state index >= 15 is 0 Å². The second kappa shape index (κ2) is 8.19. The number of rotatable bonds is 8. The van der Waals surface area contributed by atoms with Gasteiger partial charge in [-0.05, 0) is 33.6 Å². The van der Waals surface area contributed by atoms with Crippen LogP contribution in [0.4, 0.5) is 0 Å². The minimum absolute atomic E-state index is 0.00624. The number of nitrogens with one attached hydrogen (secondary N) is 1. The summed E-state index contributed by atoms with van der Waals surface area (Å²) < 4.78 is 5.17. The van der Waals surface area contributed by atoms with Gasteiger partial charge in [0, 0.05) is 24.1 Å². The Morgan fingerprint density at radius 1 is 1.30 bits per heavy atom. The molecule has 2 heterocycles. The fourth-order valence-corrected chi connectivity index (χ4v) is 3.37. The number of aryl methyl sites for hydroxylation is 4. The fraction of sp³-hybridized carbons (Fsp3) is 0.625. The molecule has 0 aliphatic carbocycles. The van der Waals surface area contributed by atoms with Crippen LogP contribution in [0.15, 0.2) is 4.52 Å². The summed E-state index contributed by atoms with van der Waals surface area (Å²) in [5, 5.41) is 7.96. The van der Waals surface area contributed by atoms with Gasteiger partial charge in [-0.1, -0.05) is 12.1 Å². The Hall–Kier alpha value is -1.76. The first-order valence-electron chi connectivity index (χ1n) is 8.04. The van der Waals surface area contributed by atoms with Gasteiger partial charge in [-0.3, -0.25) is 4.79 Å². The van der Waals surface area contributed by atoms with Crippen LogP contribution in [0.5, 0.6) is 0 Å². The number of carbonyl (C=O) groups is 1. The molecule has 1 N–H and O–H groups in total. The average Bonchev–Trinajstić information content (AvgIpc) is 3.05. The summed E-state index contributed by atoms with van der Waals surface area (Å²) >= 11 is 1.63. The molecule has 0 bridgehead atoms. The number of hydrogen-bond acceptors (Lipinski definition) is 6. The molecule has 0 spiro atoms. The van der Waals surface area contributed by atoms with Gasteiger partial charge in [-0.25, -0.2) is 4.98 Å². The van der Waals surface area contributed by atoms with Gasteiger partial charge in [0.1, 0.15) is 0 Å². The van der Waals surface area contributed by atoms with Gasteiger partial charge < -0.3 is 9.84 Å². The highest BCUT2D eigenvalue weighted by molar-refractivity contribution is 7.11. The number of carbonyl (C=O) groups excluding carboxylic acids is 1. The molecule has 23 heavy (non-hydrogen) atoms. The zero-order valence-corrected chi connectivity index (χ0v) is 15.0. The van der Waals surface area contributed by atoms with Crippen molar-refractivity contribution in [3.05, 3.63) is 27.3 Å². The van der Waals surface area contributed by atoms with Crippen molar-refractivity contribution in [2.24, 2.45) is 0 Å². The minimum atomic E-state index is -0.00624. The van der Waals surface area contributed by atoms with Crippen molar-refractivity contribution in [1.29, 1.82) is 0 Å². The summed E-state index contributed by atoms with van der Waals surface area (Å²) in [6, 6.07) is -0.00624. The van der Waals surface area contributed by atoms with Crippen molar-refractivity contribution < 1.29 is 9.32 Å². The highest BCUT2D eigenvalue weighted by Gasteiger charge is 2.15. The molecular weight excluding hydrogens is 312 g/mol. The summed E-state index contributed by atoms with van der Waals surface area (Å²) in [6.45, 7) is 8.03. The first-order valence-corrected chi connectivity index (χ1v) is 8.86. The van der Waals surface area contributed by atoms with Gasteiger partial charge in [0.25, 0.3) is 0 Å². The van der Waals surface area contributed by atoms with Crippen LogP contribution in [0, 0.1) is 13.8 Å². The van der Waals surface area contributed by atoms with Crippen LogP contribution < -0.4 is 5.32 Å². The smallest absolute Gasteiger partial charge is 0.226 e. The molecule has 6 nitrogen and oxygen atoms in total. The molecule has 1 atom stereocenters. The van der Waals surface area contributed by atoms with E-state index in [0.717, 1.165) is 34.2 Å². The highest BCUT2D eigenvalue weighted by atomic mass is 32.1. The third-order valence-corrected chi connectivity index (χ3v) is 4.74. The monoisotopic (exact) mass is 336 g/mol. The molecule has 1 amide bonds. The van der Waals surface area contributed by atoms with Crippen LogP contribution in [0.25, 0.3) is 0 Å². The lowest BCUT2D eigenvalue weighted by molar-refractivity contribution is -0.121. The lowest BCUT2D eigenvalue weighted by Crippen LogP contribution is -2.26. The van der Waals surface area contributed by atoms with E-state index in [1.54, 1.807) is 11.3 Å². The molecular formula is C16H24N4O2S. The van der Waals surface area contributed by atoms with E-state index in [-0.39, 0.29) is 11.9 Å². The van der Waals surface area contributed by atoms with Crippen LogP contribution in [-0.4, -0.2) is 21.0 Å². The van der Waals surface area contributed by atoms with Gasteiger partial charge in [-0.15, -0.1) is 11.3 Å². The first-order chi connectivity index (χ1) is 11.0. The van der Waals surface area contributed by atoms with Crippen molar-refractivity contribution in [2.75, 3.05) is 0 Å². The second-order valence-electron chi connectivity index (χ2n) is 5.68. The molecule has 0 aliphatic heterocycles. The van der Waals surface area contributed by atoms with E-state index in [1.165, 1.54) is 0 Å². The normalized spacial score (nSPS) is 12.3. The Bertz CT molecular complexity index is 650. The molecule has 0 radical (unpaired) electrons. The van der Waals surface area contributed by atoms with Crippen molar-refractivity contribution in [2.45, 2.75) is 65.8 Å². The molecule has 2 aromatic rings. The van der Waals surface area contributed by atoms with Crippen molar-refractivity contribution in [1.82, 2.24) is 20.4 Å². The maximum atomic E-state index is 12.0. The number of aromatic nitrogens is 3. The Labute approximate surface area is 140 Å². The Morgan fingerprint density at radius 3 is 2.74 bits per heavy atom. The van der Waals surface area contributed by atoms with Gasteiger partial charge in [0.05, 0.1) is 16.7 Å². The van der Waals surface area contributed by atoms with Gasteiger partial charge in [-0.2, -0.15) is 4.98 Å². The standard InChI is InChI=1S/C16H24N4O2S/c1-5-7-13-19-15(22-20-13)9-6-8-14(21)18-11(3)16-10(2)17-12(4)23-16/h11H,5-9H2,1-4H3,(H,18,21). The fourth-order valence-electron chi connectivity index (χ4n) is 2.45. The van der Waals surface area contributed by atoms with E-state index in [2.05, 4.69) is 27.4 Å². The van der Waals surface area contributed by atoms with E-state index in [0.29, 0.717) is 25.2 Å². The quantitative estimate of drug-likeness (QED) is 0.800. The summed E-state index contributed by atoms with van der Waals surface area (Å²) in [7, 11) is 0. The zero-order valence-electron chi connectivity index (χ0n) is 14.2. The van der Waals surface area contributed by atoms with E-state index in [9.17, 15) is 4.79 Å². The van der Waals surface area contributed by atoms with Crippen LogP contribution in [-0.2, 0) is 17.6 Å². The topological polar surface area (TPSA) is 80.9 Å². The van der Waals surface area contributed by atoms with Crippen molar-refractivity contribution in [3.63, 3.8) is 0 Å². The van der Waals surface area contributed by atoms with E-state index < -0.39 is 0 Å². The zero-order chi connectivity index (χ0) is 16.8. The second-order valence-corrected chi connectivity index (χ2v) is 6.91. The third kappa shape index (κ3) is 5.13. The van der Waals surface area contributed by atoms with Crippen molar-refractivity contribution >= 4 is 17.2 Å². The van der Waals surface area contributed by atoms with Crippen LogP contribution in [0.2, 0.25) is 0 Å². The third-order valence-electron chi connectivity index (χ3n) is 3.49. The first kappa shape index (κ1) is 17.6. The largest absolute Gasteiger partial charge is 0.349 e. The number of amides is 1. The van der Waals surface area contributed by atoms with Gasteiger partial charge >= 0.3 is 0 Å². The van der Waals surface area contributed by atoms with Crippen LogP contribution in [0.3, 0.4) is 0 Å². The molecule has 7 heteroatoms. The molecule has 2 aromatic heterocycles. The van der Waals surface area contributed by atoms with Crippen molar-refractivity contribution in [3.8, 4) is 0 Å². The maximum Gasteiger partial charge on any atom is 0.226 e. The average molecular weight is 336 g/mol. The minimum Gasteiger partial charge on any atom is -0.349 e. The molecule has 1 unspecified atom stereocenters. The molecule has 126 valence electrons. The predicted molar refractivity (Wildman–Crippen MR) is 89.4 cm³/mol. The summed E-state index contributed by atoms with van der Waals surface area (Å²) in [5.74, 6) is 1.40. The summed E-state index contributed by atoms with van der Waals surface area (Å²) in [6.07, 6.45) is 3.61. The Kier molecular flexibility index (Phi) is 6.27. The maximum absolute atomic E-state index is 12.0. The SMILES string of the molecule is CCCc1noc(CCCC(=O)NC(C)c2sc(C)nc2C)n1. The molecule has 0 saturated carbocycles. The lowest BCUT2D eigenvalue weighted by Gasteiger charge is -2.12. The molecule has 0 aromatic carbocycles. The molecule has 0 saturated heterocycles.